The number of nitrogens with two attached hydrogens (primary N) is 1. The zero-order chi connectivity index (χ0) is 12.3. The molecule has 3 unspecified atom stereocenters. The van der Waals surface area contributed by atoms with Crippen molar-refractivity contribution in [3.63, 3.8) is 0 Å². The van der Waals surface area contributed by atoms with Crippen molar-refractivity contribution in [1.82, 2.24) is 4.90 Å². The maximum absolute atomic E-state index is 11.4. The van der Waals surface area contributed by atoms with Gasteiger partial charge in [0.15, 0.2) is 5.60 Å². The molecule has 3 atom stereocenters. The number of nitrogens with zero attached hydrogens (tertiary/aromatic N) is 1. The third-order valence-electron chi connectivity index (χ3n) is 3.19. The van der Waals surface area contributed by atoms with Crippen LogP contribution in [0.15, 0.2) is 0 Å². The first kappa shape index (κ1) is 13.4. The van der Waals surface area contributed by atoms with E-state index < -0.39 is 11.6 Å². The van der Waals surface area contributed by atoms with Gasteiger partial charge in [-0.2, -0.15) is 0 Å². The molecule has 1 aliphatic heterocycles. The summed E-state index contributed by atoms with van der Waals surface area (Å²) < 4.78 is 4.57. The largest absolute Gasteiger partial charge is 0.467 e. The Morgan fingerprint density at radius 2 is 2.31 bits per heavy atom. The molecule has 0 aromatic heterocycles. The molecule has 0 spiro atoms. The van der Waals surface area contributed by atoms with Crippen molar-refractivity contribution in [2.75, 3.05) is 20.2 Å². The molecule has 0 amide bonds. The molecule has 0 saturated carbocycles. The molecule has 16 heavy (non-hydrogen) atoms. The Bertz CT molecular complexity index is 256. The maximum Gasteiger partial charge on any atom is 0.338 e. The summed E-state index contributed by atoms with van der Waals surface area (Å²) in [7, 11) is 1.28. The number of likely N-dealkylation sites (tertiary alicyclic amines) is 1. The number of piperidine rings is 1. The molecule has 1 fully saturated rings. The highest BCUT2D eigenvalue weighted by Crippen LogP contribution is 2.19. The van der Waals surface area contributed by atoms with Crippen molar-refractivity contribution >= 4 is 5.97 Å². The van der Waals surface area contributed by atoms with Crippen LogP contribution in [0.4, 0.5) is 0 Å². The fourth-order valence-corrected chi connectivity index (χ4v) is 2.17. The minimum atomic E-state index is -1.44. The van der Waals surface area contributed by atoms with Crippen molar-refractivity contribution in [3.05, 3.63) is 0 Å². The first-order chi connectivity index (χ1) is 7.36. The number of rotatable bonds is 3. The number of aliphatic hydroxyl groups is 1. The fraction of sp³-hybridized carbons (Fsp3) is 0.909. The van der Waals surface area contributed by atoms with E-state index in [1.165, 1.54) is 14.0 Å². The topological polar surface area (TPSA) is 75.8 Å². The number of β-amino-alcohol motifs (C(OH)–C–C–N with tert-alkyl or cyclic N) is 1. The molecule has 1 saturated heterocycles. The number of hydrogen-bond acceptors (Lipinski definition) is 5. The van der Waals surface area contributed by atoms with Crippen LogP contribution in [0.5, 0.6) is 0 Å². The van der Waals surface area contributed by atoms with Gasteiger partial charge in [0.25, 0.3) is 0 Å². The van der Waals surface area contributed by atoms with Gasteiger partial charge < -0.3 is 15.6 Å². The second kappa shape index (κ2) is 5.12. The molecule has 3 N–H and O–H groups in total. The van der Waals surface area contributed by atoms with Crippen LogP contribution in [0.25, 0.3) is 0 Å². The van der Waals surface area contributed by atoms with Crippen LogP contribution in [-0.4, -0.2) is 53.9 Å². The van der Waals surface area contributed by atoms with E-state index in [9.17, 15) is 9.90 Å². The summed E-state index contributed by atoms with van der Waals surface area (Å²) in [5, 5.41) is 9.97. The Labute approximate surface area is 96.6 Å². The Kier molecular flexibility index (Phi) is 4.29. The van der Waals surface area contributed by atoms with Gasteiger partial charge in [-0.15, -0.1) is 0 Å². The smallest absolute Gasteiger partial charge is 0.338 e. The molecule has 0 aromatic rings. The van der Waals surface area contributed by atoms with Crippen molar-refractivity contribution in [1.29, 1.82) is 0 Å². The number of esters is 1. The Hall–Kier alpha value is -0.650. The third-order valence-corrected chi connectivity index (χ3v) is 3.19. The molecule has 5 heteroatoms. The molecule has 1 rings (SSSR count). The van der Waals surface area contributed by atoms with Gasteiger partial charge in [0, 0.05) is 25.2 Å². The molecular formula is C11H22N2O3. The van der Waals surface area contributed by atoms with E-state index in [2.05, 4.69) is 16.6 Å². The summed E-state index contributed by atoms with van der Waals surface area (Å²) >= 11 is 0. The first-order valence-corrected chi connectivity index (χ1v) is 5.67. The van der Waals surface area contributed by atoms with Gasteiger partial charge in [-0.3, -0.25) is 4.90 Å². The predicted molar refractivity (Wildman–Crippen MR) is 60.9 cm³/mol. The molecular weight excluding hydrogens is 208 g/mol. The Balaban J connectivity index is 2.56. The van der Waals surface area contributed by atoms with Crippen molar-refractivity contribution < 1.29 is 14.6 Å². The molecule has 0 radical (unpaired) electrons. The summed E-state index contributed by atoms with van der Waals surface area (Å²) in [6.45, 7) is 4.66. The third kappa shape index (κ3) is 3.17. The molecule has 1 aliphatic rings. The fourth-order valence-electron chi connectivity index (χ4n) is 2.17. The predicted octanol–water partition coefficient (Wildman–Crippen LogP) is -0.278. The summed E-state index contributed by atoms with van der Waals surface area (Å²) in [4.78, 5) is 13.4. The van der Waals surface area contributed by atoms with Crippen LogP contribution >= 0.6 is 0 Å². The second-order valence-corrected chi connectivity index (χ2v) is 4.87. The number of carbonyl (C=O) groups is 1. The Morgan fingerprint density at radius 1 is 1.69 bits per heavy atom. The molecule has 94 valence electrons. The zero-order valence-corrected chi connectivity index (χ0v) is 10.3. The van der Waals surface area contributed by atoms with Gasteiger partial charge in [-0.05, 0) is 26.7 Å². The SMILES string of the molecule is COC(=O)C(C)(O)CN1CCC(N)CC1C. The van der Waals surface area contributed by atoms with Gasteiger partial charge in [0.1, 0.15) is 0 Å². The standard InChI is InChI=1S/C11H22N2O3/c1-8-6-9(12)4-5-13(8)7-11(2,15)10(14)16-3/h8-9,15H,4-7,12H2,1-3H3. The number of hydrogen-bond donors (Lipinski definition) is 2. The van der Waals surface area contributed by atoms with E-state index in [1.54, 1.807) is 0 Å². The monoisotopic (exact) mass is 230 g/mol. The number of methoxy groups -OCH3 is 1. The van der Waals surface area contributed by atoms with Crippen LogP contribution in [-0.2, 0) is 9.53 Å². The van der Waals surface area contributed by atoms with Crippen LogP contribution in [0, 0.1) is 0 Å². The van der Waals surface area contributed by atoms with Crippen molar-refractivity contribution in [2.45, 2.75) is 44.4 Å². The van der Waals surface area contributed by atoms with Crippen LogP contribution in [0.2, 0.25) is 0 Å². The summed E-state index contributed by atoms with van der Waals surface area (Å²) in [6, 6.07) is 0.522. The summed E-state index contributed by atoms with van der Waals surface area (Å²) in [6.07, 6.45) is 1.80. The van der Waals surface area contributed by atoms with Crippen LogP contribution < -0.4 is 5.73 Å². The first-order valence-electron chi connectivity index (χ1n) is 5.67. The van der Waals surface area contributed by atoms with Gasteiger partial charge >= 0.3 is 5.97 Å². The average molecular weight is 230 g/mol. The summed E-state index contributed by atoms with van der Waals surface area (Å²) in [5.74, 6) is -0.588. The van der Waals surface area contributed by atoms with Crippen molar-refractivity contribution in [2.24, 2.45) is 5.73 Å². The van der Waals surface area contributed by atoms with E-state index in [4.69, 9.17) is 5.73 Å². The highest BCUT2D eigenvalue weighted by molar-refractivity contribution is 5.78. The maximum atomic E-state index is 11.4. The van der Waals surface area contributed by atoms with Gasteiger partial charge in [-0.25, -0.2) is 4.79 Å². The van der Waals surface area contributed by atoms with Gasteiger partial charge in [-0.1, -0.05) is 0 Å². The van der Waals surface area contributed by atoms with E-state index in [0.29, 0.717) is 12.6 Å². The molecule has 0 aliphatic carbocycles. The molecule has 0 bridgehead atoms. The van der Waals surface area contributed by atoms with Crippen LogP contribution in [0.1, 0.15) is 26.7 Å². The van der Waals surface area contributed by atoms with Gasteiger partial charge in [0.05, 0.1) is 7.11 Å². The minimum absolute atomic E-state index is 0.231. The van der Waals surface area contributed by atoms with E-state index >= 15 is 0 Å². The highest BCUT2D eigenvalue weighted by Gasteiger charge is 2.36. The highest BCUT2D eigenvalue weighted by atomic mass is 16.5. The zero-order valence-electron chi connectivity index (χ0n) is 10.3. The lowest BCUT2D eigenvalue weighted by Crippen LogP contribution is -2.54. The van der Waals surface area contributed by atoms with E-state index in [0.717, 1.165) is 19.4 Å². The molecule has 0 aromatic carbocycles. The average Bonchev–Trinajstić information content (AvgIpc) is 2.21. The molecule has 1 heterocycles. The van der Waals surface area contributed by atoms with Crippen LogP contribution in [0.3, 0.4) is 0 Å². The van der Waals surface area contributed by atoms with E-state index in [-0.39, 0.29) is 6.04 Å². The van der Waals surface area contributed by atoms with E-state index in [1.807, 2.05) is 0 Å². The normalized spacial score (nSPS) is 30.8. The Morgan fingerprint density at radius 3 is 2.81 bits per heavy atom. The van der Waals surface area contributed by atoms with Crippen molar-refractivity contribution in [3.8, 4) is 0 Å². The van der Waals surface area contributed by atoms with Gasteiger partial charge in [0.2, 0.25) is 0 Å². The minimum Gasteiger partial charge on any atom is -0.467 e. The number of ether oxygens (including phenoxy) is 1. The lowest BCUT2D eigenvalue weighted by Gasteiger charge is -2.39. The lowest BCUT2D eigenvalue weighted by molar-refractivity contribution is -0.163. The molecule has 5 nitrogen and oxygen atoms in total. The lowest BCUT2D eigenvalue weighted by atomic mass is 9.96. The second-order valence-electron chi connectivity index (χ2n) is 4.87. The summed E-state index contributed by atoms with van der Waals surface area (Å²) in [5.41, 5.74) is 4.42. The number of carbonyl (C=O) groups excluding carboxylic acids is 1. The quantitative estimate of drug-likeness (QED) is 0.652.